The number of rotatable bonds is 2. The molecule has 1 heterocycles. The topological polar surface area (TPSA) is 52.6 Å². The average molecular weight is 395 g/mol. The van der Waals surface area contributed by atoms with Crippen LogP contribution < -0.4 is 0 Å². The third-order valence-electron chi connectivity index (χ3n) is 5.71. The van der Waals surface area contributed by atoms with Gasteiger partial charge < -0.3 is 0 Å². The van der Waals surface area contributed by atoms with Crippen molar-refractivity contribution in [3.63, 3.8) is 0 Å². The van der Waals surface area contributed by atoms with Crippen LogP contribution in [0, 0.1) is 16.7 Å². The molecule has 0 amide bonds. The van der Waals surface area contributed by atoms with E-state index in [9.17, 15) is 21.6 Å². The molecule has 3 rings (SSSR count). The third kappa shape index (κ3) is 2.04. The van der Waals surface area contributed by atoms with Crippen molar-refractivity contribution >= 4 is 23.6 Å². The molecule has 2 aliphatic carbocycles. The Balaban J connectivity index is 1.88. The molecular formula is C12H19F3O4SSe. The first-order valence-electron chi connectivity index (χ1n) is 6.80. The van der Waals surface area contributed by atoms with Crippen LogP contribution in [-0.4, -0.2) is 33.5 Å². The number of hydrogen-bond donors (Lipinski definition) is 0. The van der Waals surface area contributed by atoms with E-state index < -0.39 is 29.1 Å². The average Bonchev–Trinajstić information content (AvgIpc) is 2.75. The van der Waals surface area contributed by atoms with Gasteiger partial charge in [0.2, 0.25) is 0 Å². The van der Waals surface area contributed by atoms with Crippen LogP contribution in [0.5, 0.6) is 0 Å². The summed E-state index contributed by atoms with van der Waals surface area (Å²) in [7, 11) is -5.58. The van der Waals surface area contributed by atoms with Crippen molar-refractivity contribution in [2.75, 3.05) is 0 Å². The van der Waals surface area contributed by atoms with E-state index in [1.54, 1.807) is 0 Å². The van der Waals surface area contributed by atoms with Crippen LogP contribution in [0.25, 0.3) is 0 Å². The van der Waals surface area contributed by atoms with Gasteiger partial charge >= 0.3 is 125 Å². The van der Waals surface area contributed by atoms with Gasteiger partial charge in [0, 0.05) is 0 Å². The fourth-order valence-corrected chi connectivity index (χ4v) is 13.6. The summed E-state index contributed by atoms with van der Waals surface area (Å²) in [4.78, 5) is 0. The minimum absolute atomic E-state index is 0.0296. The van der Waals surface area contributed by atoms with Crippen LogP contribution in [0.15, 0.2) is 0 Å². The predicted molar refractivity (Wildman–Crippen MR) is 70.9 cm³/mol. The molecule has 0 aromatic heterocycles. The van der Waals surface area contributed by atoms with E-state index in [1.165, 1.54) is 5.82 Å². The Morgan fingerprint density at radius 2 is 1.95 bits per heavy atom. The Morgan fingerprint density at radius 1 is 1.33 bits per heavy atom. The van der Waals surface area contributed by atoms with Crippen molar-refractivity contribution < 1.29 is 28.7 Å². The first-order chi connectivity index (χ1) is 9.33. The van der Waals surface area contributed by atoms with Crippen molar-refractivity contribution in [1.82, 2.24) is 0 Å². The van der Waals surface area contributed by atoms with Gasteiger partial charge in [-0.3, -0.25) is 0 Å². The first kappa shape index (κ1) is 16.1. The summed E-state index contributed by atoms with van der Waals surface area (Å²) in [6, 6.07) is 0. The monoisotopic (exact) mass is 396 g/mol. The van der Waals surface area contributed by atoms with Crippen LogP contribution >= 0.6 is 0 Å². The Bertz CT molecular complexity index is 576. The van der Waals surface area contributed by atoms with E-state index in [-0.39, 0.29) is 16.9 Å². The standard InChI is InChI=1S/C12H19F3O4SSe/c1-10(2)8-4-5-11(10)7-21(3,18-9(11)6-8)19-20(16,17)12(13,14)15/h8-9H,4-7H2,1-3H3. The summed E-state index contributed by atoms with van der Waals surface area (Å²) in [5.41, 5.74) is -5.63. The maximum absolute atomic E-state index is 12.5. The second-order valence-corrected chi connectivity index (χ2v) is 14.2. The normalized spacial score (nSPS) is 48.1. The number of hydrogen-bond acceptors (Lipinski definition) is 4. The molecule has 4 atom stereocenters. The van der Waals surface area contributed by atoms with E-state index in [2.05, 4.69) is 17.1 Å². The van der Waals surface area contributed by atoms with Gasteiger partial charge in [-0.05, 0) is 0 Å². The quantitative estimate of drug-likeness (QED) is 0.533. The molecule has 3 aliphatic rings. The zero-order valence-electron chi connectivity index (χ0n) is 12.1. The van der Waals surface area contributed by atoms with E-state index in [0.29, 0.717) is 11.2 Å². The number of alkyl halides is 3. The summed E-state index contributed by atoms with van der Waals surface area (Å²) >= 11 is -3.60. The van der Waals surface area contributed by atoms with Gasteiger partial charge in [-0.15, -0.1) is 0 Å². The van der Waals surface area contributed by atoms with Crippen LogP contribution in [0.2, 0.25) is 11.1 Å². The number of halogens is 3. The van der Waals surface area contributed by atoms with Crippen LogP contribution in [0.3, 0.4) is 0 Å². The third-order valence-corrected chi connectivity index (χ3v) is 13.2. The van der Waals surface area contributed by atoms with Crippen molar-refractivity contribution in [2.24, 2.45) is 16.7 Å². The van der Waals surface area contributed by atoms with Gasteiger partial charge in [-0.25, -0.2) is 0 Å². The molecule has 124 valence electrons. The molecule has 0 N–H and O–H groups in total. The van der Waals surface area contributed by atoms with Gasteiger partial charge in [0.25, 0.3) is 0 Å². The zero-order chi connectivity index (χ0) is 15.9. The molecule has 4 unspecified atom stereocenters. The molecule has 2 saturated carbocycles. The van der Waals surface area contributed by atoms with Crippen LogP contribution in [0.4, 0.5) is 13.2 Å². The Labute approximate surface area is 125 Å². The predicted octanol–water partition coefficient (Wildman–Crippen LogP) is 3.15. The first-order valence-corrected chi connectivity index (χ1v) is 12.5. The van der Waals surface area contributed by atoms with E-state index in [0.717, 1.165) is 19.3 Å². The zero-order valence-corrected chi connectivity index (χ0v) is 14.6. The summed E-state index contributed by atoms with van der Waals surface area (Å²) in [5, 5.41) is 0.340. The fraction of sp³-hybridized carbons (Fsp3) is 1.00. The van der Waals surface area contributed by atoms with Gasteiger partial charge in [0.1, 0.15) is 0 Å². The molecule has 1 aliphatic heterocycles. The molecule has 0 aromatic carbocycles. The van der Waals surface area contributed by atoms with Crippen LogP contribution in [0.1, 0.15) is 33.1 Å². The molecule has 1 spiro atoms. The summed E-state index contributed by atoms with van der Waals surface area (Å²) in [6.07, 6.45) is 2.57. The molecule has 1 saturated heterocycles. The van der Waals surface area contributed by atoms with Gasteiger partial charge in [0.05, 0.1) is 0 Å². The Morgan fingerprint density at radius 3 is 2.43 bits per heavy atom. The molecule has 21 heavy (non-hydrogen) atoms. The van der Waals surface area contributed by atoms with Gasteiger partial charge in [-0.1, -0.05) is 0 Å². The Kier molecular flexibility index (Phi) is 3.19. The minimum atomic E-state index is -5.58. The second-order valence-electron chi connectivity index (χ2n) is 6.97. The molecule has 4 nitrogen and oxygen atoms in total. The van der Waals surface area contributed by atoms with Gasteiger partial charge in [-0.2, -0.15) is 0 Å². The Hall–Kier alpha value is 0.179. The van der Waals surface area contributed by atoms with Crippen molar-refractivity contribution in [3.05, 3.63) is 0 Å². The molecule has 3 fully saturated rings. The molecular weight excluding hydrogens is 376 g/mol. The van der Waals surface area contributed by atoms with Crippen molar-refractivity contribution in [1.29, 1.82) is 0 Å². The van der Waals surface area contributed by atoms with E-state index in [1.807, 2.05) is 0 Å². The van der Waals surface area contributed by atoms with E-state index in [4.69, 9.17) is 3.82 Å². The molecule has 0 aromatic rings. The SMILES string of the molecule is CC1(C)C2CCC13C[Se](C)(OS(=O)(=O)C(F)(F)F)OC3C2. The fourth-order valence-electron chi connectivity index (χ4n) is 4.49. The van der Waals surface area contributed by atoms with Crippen LogP contribution in [-0.2, 0) is 17.2 Å². The van der Waals surface area contributed by atoms with Crippen molar-refractivity contribution in [3.8, 4) is 0 Å². The van der Waals surface area contributed by atoms with E-state index >= 15 is 0 Å². The van der Waals surface area contributed by atoms with Crippen molar-refractivity contribution in [2.45, 2.75) is 55.9 Å². The summed E-state index contributed by atoms with van der Waals surface area (Å²) < 4.78 is 70.7. The number of fused-ring (bicyclic) bond motifs is 1. The second kappa shape index (κ2) is 4.17. The molecule has 0 radical (unpaired) electrons. The maximum atomic E-state index is 12.5. The molecule has 9 heteroatoms. The summed E-state index contributed by atoms with van der Waals surface area (Å²) in [5.74, 6) is 1.96. The summed E-state index contributed by atoms with van der Waals surface area (Å²) in [6.45, 7) is 4.24. The molecule has 2 bridgehead atoms. The van der Waals surface area contributed by atoms with Gasteiger partial charge in [0.15, 0.2) is 0 Å².